The van der Waals surface area contributed by atoms with Crippen molar-refractivity contribution >= 4 is 48.8 Å². The number of amides is 1. The number of carbonyl (C=O) groups is 1. The summed E-state index contributed by atoms with van der Waals surface area (Å²) in [5.41, 5.74) is 2.03. The van der Waals surface area contributed by atoms with Gasteiger partial charge in [-0.25, -0.2) is 21.2 Å². The summed E-state index contributed by atoms with van der Waals surface area (Å²) in [6.45, 7) is 0.341. The molecule has 3 aromatic rings. The van der Waals surface area contributed by atoms with Gasteiger partial charge in [-0.1, -0.05) is 35.3 Å². The van der Waals surface area contributed by atoms with Crippen molar-refractivity contribution in [3.05, 3.63) is 93.2 Å². The van der Waals surface area contributed by atoms with Crippen LogP contribution in [0.3, 0.4) is 0 Å². The fraction of sp³-hybridized carbons (Fsp3) is 0.387. The van der Waals surface area contributed by atoms with Gasteiger partial charge in [0, 0.05) is 28.1 Å². The van der Waals surface area contributed by atoms with Crippen molar-refractivity contribution in [1.29, 1.82) is 0 Å². The summed E-state index contributed by atoms with van der Waals surface area (Å²) < 4.78 is 71.5. The molecule has 3 aliphatic rings. The maximum absolute atomic E-state index is 14.6. The van der Waals surface area contributed by atoms with Gasteiger partial charge in [0.25, 0.3) is 0 Å². The third-order valence-corrected chi connectivity index (χ3v) is 14.1. The average molecular weight is 667 g/mol. The van der Waals surface area contributed by atoms with Gasteiger partial charge in [0.05, 0.1) is 22.4 Å². The van der Waals surface area contributed by atoms with Crippen molar-refractivity contribution in [2.24, 2.45) is 5.92 Å². The van der Waals surface area contributed by atoms with Crippen LogP contribution in [0, 0.1) is 11.7 Å². The molecule has 1 aliphatic carbocycles. The monoisotopic (exact) mass is 665 g/mol. The Bertz CT molecular complexity index is 1760. The van der Waals surface area contributed by atoms with Crippen molar-refractivity contribution in [1.82, 2.24) is 4.90 Å². The van der Waals surface area contributed by atoms with Gasteiger partial charge in [0.15, 0.2) is 9.84 Å². The first kappa shape index (κ1) is 30.4. The van der Waals surface area contributed by atoms with Gasteiger partial charge in [-0.05, 0) is 91.8 Å². The van der Waals surface area contributed by atoms with E-state index in [2.05, 4.69) is 0 Å². The molecule has 1 amide bonds. The molecule has 12 heteroatoms. The molecule has 0 unspecified atom stereocenters. The predicted molar refractivity (Wildman–Crippen MR) is 162 cm³/mol. The van der Waals surface area contributed by atoms with Crippen molar-refractivity contribution in [2.75, 3.05) is 18.1 Å². The second-order valence-corrected chi connectivity index (χ2v) is 16.7. The molecule has 0 spiro atoms. The first-order chi connectivity index (χ1) is 20.4. The first-order valence-electron chi connectivity index (χ1n) is 14.1. The van der Waals surface area contributed by atoms with Crippen molar-refractivity contribution in [3.63, 3.8) is 0 Å². The zero-order chi connectivity index (χ0) is 30.6. The Morgan fingerprint density at radius 1 is 1.00 bits per heavy atom. The summed E-state index contributed by atoms with van der Waals surface area (Å²) in [5.74, 6) is -0.791. The lowest BCUT2D eigenvalue weighted by molar-refractivity contribution is -0.137. The molecule has 3 aromatic carbocycles. The predicted octanol–water partition coefficient (Wildman–Crippen LogP) is 5.75. The lowest BCUT2D eigenvalue weighted by Gasteiger charge is -2.43. The van der Waals surface area contributed by atoms with Gasteiger partial charge in [-0.2, -0.15) is 0 Å². The maximum Gasteiger partial charge on any atom is 0.226 e. The first-order valence-corrected chi connectivity index (χ1v) is 18.2. The van der Waals surface area contributed by atoms with Crippen LogP contribution in [0.5, 0.6) is 5.75 Å². The molecule has 2 fully saturated rings. The summed E-state index contributed by atoms with van der Waals surface area (Å²) in [7, 11) is -7.28. The van der Waals surface area contributed by atoms with Gasteiger partial charge in [0.2, 0.25) is 5.91 Å². The molecule has 0 saturated carbocycles. The number of benzene rings is 3. The van der Waals surface area contributed by atoms with E-state index in [-0.39, 0.29) is 54.7 Å². The Kier molecular flexibility index (Phi) is 8.03. The second kappa shape index (κ2) is 11.4. The Labute approximate surface area is 260 Å². The third kappa shape index (κ3) is 5.34. The van der Waals surface area contributed by atoms with Crippen LogP contribution in [0.15, 0.2) is 65.6 Å². The molecule has 0 radical (unpaired) electrons. The number of hydrogen-bond acceptors (Lipinski definition) is 6. The highest BCUT2D eigenvalue weighted by atomic mass is 35.5. The van der Waals surface area contributed by atoms with E-state index in [1.54, 1.807) is 35.2 Å². The van der Waals surface area contributed by atoms with Gasteiger partial charge in [0.1, 0.15) is 32.8 Å². The lowest BCUT2D eigenvalue weighted by Crippen LogP contribution is -2.53. The van der Waals surface area contributed by atoms with E-state index >= 15 is 0 Å². The number of fused-ring (bicyclic) bond motifs is 3. The molecule has 2 saturated heterocycles. The van der Waals surface area contributed by atoms with Crippen LogP contribution >= 0.6 is 23.2 Å². The summed E-state index contributed by atoms with van der Waals surface area (Å²) in [6, 6.07) is 14.6. The van der Waals surface area contributed by atoms with Crippen molar-refractivity contribution < 1.29 is 30.8 Å². The summed E-state index contributed by atoms with van der Waals surface area (Å²) in [6.07, 6.45) is 1.53. The molecule has 6 rings (SSSR count). The summed E-state index contributed by atoms with van der Waals surface area (Å²) in [5, 5.41) is 0.952. The average Bonchev–Trinajstić information content (AvgIpc) is 3.38. The highest BCUT2D eigenvalue weighted by molar-refractivity contribution is 7.92. The molecule has 2 aliphatic heterocycles. The van der Waals surface area contributed by atoms with Gasteiger partial charge >= 0.3 is 0 Å². The topological polar surface area (TPSA) is 97.8 Å². The van der Waals surface area contributed by atoms with Crippen LogP contribution in [-0.2, 0) is 42.2 Å². The van der Waals surface area contributed by atoms with E-state index in [0.717, 1.165) is 17.7 Å². The minimum Gasteiger partial charge on any atom is -0.489 e. The highest BCUT2D eigenvalue weighted by Gasteiger charge is 2.61. The Morgan fingerprint density at radius 3 is 2.35 bits per heavy atom. The smallest absolute Gasteiger partial charge is 0.226 e. The fourth-order valence-electron chi connectivity index (χ4n) is 6.88. The SMILES string of the molecule is O=C(C1CCS(=O)(=O)CC1)N1CC[C@@]2(S(=O)(=O)c3ccc(F)cc3)c3ccc(OCc4c(Cl)cccc4Cl)cc3CC[C@@H]12. The highest BCUT2D eigenvalue weighted by Crippen LogP contribution is 2.53. The third-order valence-electron chi connectivity index (χ3n) is 9.09. The summed E-state index contributed by atoms with van der Waals surface area (Å²) >= 11 is 12.6. The van der Waals surface area contributed by atoms with E-state index in [1.807, 2.05) is 6.07 Å². The molecule has 0 bridgehead atoms. The molecular formula is C31H30Cl2FNO6S2. The number of carbonyl (C=O) groups excluding carboxylic acids is 1. The van der Waals surface area contributed by atoms with Crippen molar-refractivity contribution in [2.45, 2.75) is 54.4 Å². The number of sulfone groups is 2. The minimum absolute atomic E-state index is 0.0153. The second-order valence-electron chi connectivity index (χ2n) is 11.4. The van der Waals surface area contributed by atoms with Crippen LogP contribution in [0.2, 0.25) is 10.0 Å². The quantitative estimate of drug-likeness (QED) is 0.311. The van der Waals surface area contributed by atoms with Crippen LogP contribution in [0.1, 0.15) is 42.4 Å². The van der Waals surface area contributed by atoms with Gasteiger partial charge in [-0.15, -0.1) is 0 Å². The molecular weight excluding hydrogens is 636 g/mol. The minimum atomic E-state index is -4.12. The summed E-state index contributed by atoms with van der Waals surface area (Å²) in [4.78, 5) is 15.5. The van der Waals surface area contributed by atoms with E-state index in [9.17, 15) is 26.0 Å². The van der Waals surface area contributed by atoms with Gasteiger partial charge < -0.3 is 9.64 Å². The molecule has 0 N–H and O–H groups in total. The largest absolute Gasteiger partial charge is 0.489 e. The molecule has 0 aromatic heterocycles. The van der Waals surface area contributed by atoms with E-state index < -0.39 is 42.2 Å². The Balaban J connectivity index is 1.37. The van der Waals surface area contributed by atoms with Gasteiger partial charge in [-0.3, -0.25) is 4.79 Å². The Hall–Kier alpha value is -2.66. The van der Waals surface area contributed by atoms with Crippen LogP contribution in [-0.4, -0.2) is 51.7 Å². The van der Waals surface area contributed by atoms with Crippen LogP contribution in [0.4, 0.5) is 4.39 Å². The van der Waals surface area contributed by atoms with E-state index in [1.165, 1.54) is 12.1 Å². The zero-order valence-corrected chi connectivity index (χ0v) is 26.3. The molecule has 2 atom stereocenters. The molecule has 43 heavy (non-hydrogen) atoms. The standard InChI is InChI=1S/C31H30Cl2FNO6S2/c32-27-2-1-3-28(33)25(27)19-41-23-7-10-26-21(18-23)4-11-29-31(26,43(39,40)24-8-5-22(34)6-9-24)14-15-35(29)30(36)20-12-16-42(37,38)17-13-20/h1-3,5-10,18,20,29H,4,11-17,19H2/t29-,31-/m1/s1. The normalized spacial score (nSPS) is 23.4. The number of halogens is 3. The maximum atomic E-state index is 14.6. The number of hydrogen-bond donors (Lipinski definition) is 0. The lowest BCUT2D eigenvalue weighted by atomic mass is 9.78. The number of ether oxygens (including phenoxy) is 1. The van der Waals surface area contributed by atoms with E-state index in [0.29, 0.717) is 39.8 Å². The van der Waals surface area contributed by atoms with Crippen LogP contribution in [0.25, 0.3) is 0 Å². The zero-order valence-electron chi connectivity index (χ0n) is 23.1. The number of aryl methyl sites for hydroxylation is 1. The Morgan fingerprint density at radius 2 is 1.67 bits per heavy atom. The fourth-order valence-corrected chi connectivity index (χ4v) is 11.2. The van der Waals surface area contributed by atoms with Crippen LogP contribution < -0.4 is 4.74 Å². The van der Waals surface area contributed by atoms with E-state index in [4.69, 9.17) is 27.9 Å². The molecule has 2 heterocycles. The number of rotatable bonds is 6. The molecule has 7 nitrogen and oxygen atoms in total. The number of likely N-dealkylation sites (tertiary alicyclic amines) is 1. The number of nitrogens with zero attached hydrogens (tertiary/aromatic N) is 1. The molecule has 228 valence electrons. The van der Waals surface area contributed by atoms with Crippen molar-refractivity contribution in [3.8, 4) is 5.75 Å².